The summed E-state index contributed by atoms with van der Waals surface area (Å²) in [5.41, 5.74) is 2.40. The fourth-order valence-electron chi connectivity index (χ4n) is 4.96. The van der Waals surface area contributed by atoms with E-state index in [4.69, 9.17) is 0 Å². The third kappa shape index (κ3) is 4.82. The van der Waals surface area contributed by atoms with Gasteiger partial charge in [0.05, 0.1) is 12.1 Å². The number of aromatic nitrogens is 1. The number of rotatable bonds is 6. The van der Waals surface area contributed by atoms with Gasteiger partial charge in [0.2, 0.25) is 5.91 Å². The molecule has 1 aromatic heterocycles. The zero-order valence-electron chi connectivity index (χ0n) is 19.5. The fourth-order valence-corrected chi connectivity index (χ4v) is 4.96. The second-order valence-electron chi connectivity index (χ2n) is 9.31. The molecular formula is C24H35N5O3. The molecule has 0 radical (unpaired) electrons. The van der Waals surface area contributed by atoms with Crippen molar-refractivity contribution in [3.8, 4) is 0 Å². The summed E-state index contributed by atoms with van der Waals surface area (Å²) in [5.74, 6) is -0.675. The van der Waals surface area contributed by atoms with Crippen LogP contribution in [0.3, 0.4) is 0 Å². The maximum atomic E-state index is 12.8. The molecule has 32 heavy (non-hydrogen) atoms. The molecule has 1 amide bonds. The van der Waals surface area contributed by atoms with Gasteiger partial charge in [0.25, 0.3) is 0 Å². The summed E-state index contributed by atoms with van der Waals surface area (Å²) in [4.78, 5) is 33.4. The number of fused-ring (bicyclic) bond motifs is 1. The van der Waals surface area contributed by atoms with Gasteiger partial charge in [0.1, 0.15) is 5.69 Å². The number of hydrogen-bond acceptors (Lipinski definition) is 5. The van der Waals surface area contributed by atoms with E-state index in [1.165, 1.54) is 0 Å². The number of carboxylic acid groups (broad SMARTS) is 1. The second-order valence-corrected chi connectivity index (χ2v) is 9.31. The number of nitrogens with zero attached hydrogens (tertiary/aromatic N) is 5. The lowest BCUT2D eigenvalue weighted by atomic mass is 10.1. The van der Waals surface area contributed by atoms with E-state index in [2.05, 4.69) is 34.6 Å². The lowest BCUT2D eigenvalue weighted by Gasteiger charge is -2.39. The van der Waals surface area contributed by atoms with E-state index in [1.807, 2.05) is 24.1 Å². The molecule has 174 valence electrons. The first-order valence-corrected chi connectivity index (χ1v) is 11.6. The average Bonchev–Trinajstić information content (AvgIpc) is 3.12. The number of aryl methyl sites for hydroxylation is 1. The molecule has 1 aromatic carbocycles. The van der Waals surface area contributed by atoms with Crippen LogP contribution < -0.4 is 0 Å². The van der Waals surface area contributed by atoms with Crippen molar-refractivity contribution in [3.63, 3.8) is 0 Å². The van der Waals surface area contributed by atoms with Gasteiger partial charge in [-0.15, -0.1) is 0 Å². The first-order chi connectivity index (χ1) is 15.3. The summed E-state index contributed by atoms with van der Waals surface area (Å²) >= 11 is 0. The van der Waals surface area contributed by atoms with Gasteiger partial charge < -0.3 is 14.6 Å². The van der Waals surface area contributed by atoms with Crippen molar-refractivity contribution in [2.24, 2.45) is 7.05 Å². The molecule has 1 N–H and O–H groups in total. The highest BCUT2D eigenvalue weighted by atomic mass is 16.4. The molecule has 2 aliphatic heterocycles. The van der Waals surface area contributed by atoms with Gasteiger partial charge in [-0.25, -0.2) is 4.79 Å². The van der Waals surface area contributed by atoms with Crippen LogP contribution in [0.4, 0.5) is 0 Å². The van der Waals surface area contributed by atoms with E-state index >= 15 is 0 Å². The van der Waals surface area contributed by atoms with Gasteiger partial charge in [-0.3, -0.25) is 19.5 Å². The SMILES string of the molecule is CC(C)N1CCN(CC(=O)N2CCN(Cc3cccc4cc(C(=O)O)n(C)c34)CC2)CC1. The third-order valence-corrected chi connectivity index (χ3v) is 6.97. The maximum Gasteiger partial charge on any atom is 0.352 e. The summed E-state index contributed by atoms with van der Waals surface area (Å²) < 4.78 is 1.77. The van der Waals surface area contributed by atoms with Crippen LogP contribution in [0, 0.1) is 0 Å². The molecule has 8 nitrogen and oxygen atoms in total. The van der Waals surface area contributed by atoms with E-state index in [1.54, 1.807) is 10.6 Å². The molecule has 0 bridgehead atoms. The normalized spacial score (nSPS) is 19.2. The lowest BCUT2D eigenvalue weighted by Crippen LogP contribution is -2.54. The number of aromatic carboxylic acids is 1. The Morgan fingerprint density at radius 1 is 0.969 bits per heavy atom. The standard InChI is InChI=1S/C24H35N5O3/c1-18(2)28-11-7-27(8-12-28)17-22(30)29-13-9-26(10-14-29)16-20-6-4-5-19-15-21(24(31)32)25(3)23(19)20/h4-6,15,18H,7-14,16-17H2,1-3H3,(H,31,32). The molecule has 8 heteroatoms. The molecule has 3 heterocycles. The molecular weight excluding hydrogens is 406 g/mol. The Morgan fingerprint density at radius 3 is 2.25 bits per heavy atom. The number of benzene rings is 1. The summed E-state index contributed by atoms with van der Waals surface area (Å²) in [6, 6.07) is 8.32. The Labute approximate surface area is 190 Å². The number of para-hydroxylation sites is 1. The van der Waals surface area contributed by atoms with Crippen LogP contribution in [0.5, 0.6) is 0 Å². The minimum Gasteiger partial charge on any atom is -0.477 e. The first-order valence-electron chi connectivity index (χ1n) is 11.6. The molecule has 2 aromatic rings. The highest BCUT2D eigenvalue weighted by Crippen LogP contribution is 2.24. The van der Waals surface area contributed by atoms with Crippen molar-refractivity contribution >= 4 is 22.8 Å². The van der Waals surface area contributed by atoms with Crippen molar-refractivity contribution in [2.75, 3.05) is 58.9 Å². The van der Waals surface area contributed by atoms with Gasteiger partial charge >= 0.3 is 5.97 Å². The highest BCUT2D eigenvalue weighted by molar-refractivity contribution is 5.95. The van der Waals surface area contributed by atoms with Crippen LogP contribution in [0.15, 0.2) is 24.3 Å². The number of carboxylic acids is 1. The number of carbonyl (C=O) groups excluding carboxylic acids is 1. The van der Waals surface area contributed by atoms with Gasteiger partial charge in [0.15, 0.2) is 0 Å². The van der Waals surface area contributed by atoms with Crippen LogP contribution >= 0.6 is 0 Å². The highest BCUT2D eigenvalue weighted by Gasteiger charge is 2.26. The van der Waals surface area contributed by atoms with E-state index in [0.717, 1.165) is 75.4 Å². The second kappa shape index (κ2) is 9.60. The minimum absolute atomic E-state index is 0.235. The predicted octanol–water partition coefficient (Wildman–Crippen LogP) is 1.55. The lowest BCUT2D eigenvalue weighted by molar-refractivity contribution is -0.134. The quantitative estimate of drug-likeness (QED) is 0.733. The summed E-state index contributed by atoms with van der Waals surface area (Å²) in [6.07, 6.45) is 0. The number of amides is 1. The minimum atomic E-state index is -0.910. The third-order valence-electron chi connectivity index (χ3n) is 6.97. The Morgan fingerprint density at radius 2 is 1.62 bits per heavy atom. The Hall–Kier alpha value is -2.42. The number of hydrogen-bond donors (Lipinski definition) is 1. The molecule has 0 atom stereocenters. The predicted molar refractivity (Wildman–Crippen MR) is 125 cm³/mol. The van der Waals surface area contributed by atoms with E-state index in [-0.39, 0.29) is 5.91 Å². The topological polar surface area (TPSA) is 72.3 Å². The van der Waals surface area contributed by atoms with Gasteiger partial charge in [0, 0.05) is 77.4 Å². The molecule has 2 fully saturated rings. The van der Waals surface area contributed by atoms with E-state index < -0.39 is 5.97 Å². The molecule has 2 aliphatic rings. The number of piperazine rings is 2. The smallest absolute Gasteiger partial charge is 0.352 e. The Kier molecular flexibility index (Phi) is 6.83. The molecule has 0 unspecified atom stereocenters. The van der Waals surface area contributed by atoms with Crippen LogP contribution in [0.25, 0.3) is 10.9 Å². The zero-order valence-corrected chi connectivity index (χ0v) is 19.5. The van der Waals surface area contributed by atoms with Crippen LogP contribution in [0.1, 0.15) is 29.9 Å². The van der Waals surface area contributed by atoms with Gasteiger partial charge in [-0.05, 0) is 25.5 Å². The van der Waals surface area contributed by atoms with E-state index in [9.17, 15) is 14.7 Å². The monoisotopic (exact) mass is 441 g/mol. The summed E-state index contributed by atoms with van der Waals surface area (Å²) in [5, 5.41) is 10.4. The Bertz CT molecular complexity index is 969. The van der Waals surface area contributed by atoms with Gasteiger partial charge in [-0.2, -0.15) is 0 Å². The maximum absolute atomic E-state index is 12.8. The summed E-state index contributed by atoms with van der Waals surface area (Å²) in [6.45, 7) is 12.9. The Balaban J connectivity index is 1.31. The fraction of sp³-hybridized carbons (Fsp3) is 0.583. The molecule has 0 spiro atoms. The van der Waals surface area contributed by atoms with Crippen LogP contribution in [0.2, 0.25) is 0 Å². The zero-order chi connectivity index (χ0) is 22.8. The number of carbonyl (C=O) groups is 2. The first kappa shape index (κ1) is 22.8. The van der Waals surface area contributed by atoms with Crippen molar-refractivity contribution < 1.29 is 14.7 Å². The van der Waals surface area contributed by atoms with Crippen molar-refractivity contribution in [2.45, 2.75) is 26.4 Å². The van der Waals surface area contributed by atoms with E-state index in [0.29, 0.717) is 18.3 Å². The summed E-state index contributed by atoms with van der Waals surface area (Å²) in [7, 11) is 1.81. The van der Waals surface area contributed by atoms with Gasteiger partial charge in [-0.1, -0.05) is 18.2 Å². The molecule has 0 aliphatic carbocycles. The average molecular weight is 442 g/mol. The largest absolute Gasteiger partial charge is 0.477 e. The van der Waals surface area contributed by atoms with Crippen molar-refractivity contribution in [3.05, 3.63) is 35.5 Å². The molecule has 0 saturated carbocycles. The molecule has 4 rings (SSSR count). The van der Waals surface area contributed by atoms with Crippen molar-refractivity contribution in [1.82, 2.24) is 24.2 Å². The van der Waals surface area contributed by atoms with Crippen LogP contribution in [-0.4, -0.2) is 106 Å². The van der Waals surface area contributed by atoms with Crippen molar-refractivity contribution in [1.29, 1.82) is 0 Å². The molecule has 2 saturated heterocycles. The van der Waals surface area contributed by atoms with Crippen LogP contribution in [-0.2, 0) is 18.4 Å².